The molecule has 5 heteroatoms. The Kier molecular flexibility index (Phi) is 5.55. The smallest absolute Gasteiger partial charge is 0.307 e. The van der Waals surface area contributed by atoms with Crippen molar-refractivity contribution in [3.8, 4) is 11.3 Å². The van der Waals surface area contributed by atoms with E-state index in [4.69, 9.17) is 0 Å². The normalized spacial score (nSPS) is 10.7. The zero-order valence-electron chi connectivity index (χ0n) is 13.3. The van der Waals surface area contributed by atoms with Gasteiger partial charge in [-0.05, 0) is 18.4 Å². The van der Waals surface area contributed by atoms with Gasteiger partial charge in [-0.1, -0.05) is 48.6 Å². The fourth-order valence-corrected chi connectivity index (χ4v) is 3.39. The first-order chi connectivity index (χ1) is 10.5. The van der Waals surface area contributed by atoms with Crippen LogP contribution in [0.15, 0.2) is 35.1 Å². The third kappa shape index (κ3) is 3.65. The zero-order chi connectivity index (χ0) is 16.1. The number of hydrogen-bond donors (Lipinski definition) is 0. The summed E-state index contributed by atoms with van der Waals surface area (Å²) in [6.07, 6.45) is 1.98. The minimum Gasteiger partial charge on any atom is -0.349 e. The van der Waals surface area contributed by atoms with Crippen molar-refractivity contribution in [2.75, 3.05) is 14.1 Å². The number of benzene rings is 1. The van der Waals surface area contributed by atoms with Crippen molar-refractivity contribution in [2.45, 2.75) is 32.7 Å². The second kappa shape index (κ2) is 7.40. The maximum atomic E-state index is 12.3. The Hall–Kier alpha value is -1.88. The third-order valence-electron chi connectivity index (χ3n) is 3.60. The van der Waals surface area contributed by atoms with Crippen LogP contribution in [0, 0.1) is 0 Å². The summed E-state index contributed by atoms with van der Waals surface area (Å²) in [7, 11) is 3.51. The molecule has 2 aromatic rings. The summed E-state index contributed by atoms with van der Waals surface area (Å²) in [5.74, 6) is 0.0975. The van der Waals surface area contributed by atoms with Crippen LogP contribution in [0.3, 0.4) is 0 Å². The Morgan fingerprint density at radius 3 is 2.50 bits per heavy atom. The van der Waals surface area contributed by atoms with E-state index in [1.165, 1.54) is 11.3 Å². The van der Waals surface area contributed by atoms with Crippen LogP contribution in [0.25, 0.3) is 11.3 Å². The van der Waals surface area contributed by atoms with Crippen LogP contribution in [-0.4, -0.2) is 29.5 Å². The summed E-state index contributed by atoms with van der Waals surface area (Å²) in [6.45, 7) is 2.65. The van der Waals surface area contributed by atoms with Crippen LogP contribution >= 0.6 is 11.3 Å². The number of aromatic nitrogens is 1. The molecular formula is C17H22N2O2S. The standard InChI is InChI=1S/C17H22N2O2S/c1-4-14-16(13-9-6-5-7-10-13)19(17(21)22-14)12-8-11-15(20)18(2)3/h5-7,9-10H,4,8,11-12H2,1-3H3. The molecule has 0 fully saturated rings. The molecule has 0 aliphatic rings. The Bertz CT molecular complexity index is 686. The van der Waals surface area contributed by atoms with E-state index in [1.54, 1.807) is 19.0 Å². The van der Waals surface area contributed by atoms with Crippen LogP contribution in [0.2, 0.25) is 0 Å². The molecule has 22 heavy (non-hydrogen) atoms. The third-order valence-corrected chi connectivity index (χ3v) is 4.73. The number of hydrogen-bond acceptors (Lipinski definition) is 3. The lowest BCUT2D eigenvalue weighted by Gasteiger charge is -2.12. The van der Waals surface area contributed by atoms with Gasteiger partial charge in [-0.25, -0.2) is 0 Å². The van der Waals surface area contributed by atoms with E-state index in [0.717, 1.165) is 22.6 Å². The topological polar surface area (TPSA) is 42.3 Å². The first-order valence-electron chi connectivity index (χ1n) is 7.52. The summed E-state index contributed by atoms with van der Waals surface area (Å²) in [5, 5.41) is 0. The van der Waals surface area contributed by atoms with Crippen molar-refractivity contribution in [3.05, 3.63) is 44.9 Å². The first kappa shape index (κ1) is 16.5. The van der Waals surface area contributed by atoms with E-state index in [1.807, 2.05) is 34.9 Å². The van der Waals surface area contributed by atoms with Gasteiger partial charge in [-0.2, -0.15) is 0 Å². The highest BCUT2D eigenvalue weighted by Crippen LogP contribution is 2.26. The Morgan fingerprint density at radius 2 is 1.91 bits per heavy atom. The largest absolute Gasteiger partial charge is 0.349 e. The fraction of sp³-hybridized carbons (Fsp3) is 0.412. The SMILES string of the molecule is CCc1sc(=O)n(CCCC(=O)N(C)C)c1-c1ccccc1. The highest BCUT2D eigenvalue weighted by atomic mass is 32.1. The maximum Gasteiger partial charge on any atom is 0.307 e. The molecule has 0 unspecified atom stereocenters. The lowest BCUT2D eigenvalue weighted by Crippen LogP contribution is -2.22. The van der Waals surface area contributed by atoms with Gasteiger partial charge in [0.1, 0.15) is 0 Å². The molecule has 4 nitrogen and oxygen atoms in total. The van der Waals surface area contributed by atoms with Gasteiger partial charge in [0, 0.05) is 31.9 Å². The fourth-order valence-electron chi connectivity index (χ4n) is 2.42. The summed E-state index contributed by atoms with van der Waals surface area (Å²) < 4.78 is 1.82. The summed E-state index contributed by atoms with van der Waals surface area (Å²) >= 11 is 1.31. The number of carbonyl (C=O) groups is 1. The second-order valence-electron chi connectivity index (χ2n) is 5.40. The summed E-state index contributed by atoms with van der Waals surface area (Å²) in [6, 6.07) is 10.00. The molecule has 1 heterocycles. The molecule has 0 radical (unpaired) electrons. The van der Waals surface area contributed by atoms with Gasteiger partial charge >= 0.3 is 4.87 Å². The molecule has 1 amide bonds. The highest BCUT2D eigenvalue weighted by molar-refractivity contribution is 7.09. The summed E-state index contributed by atoms with van der Waals surface area (Å²) in [5.41, 5.74) is 2.08. The van der Waals surface area contributed by atoms with E-state index in [-0.39, 0.29) is 10.8 Å². The number of rotatable bonds is 6. The number of carbonyl (C=O) groups excluding carboxylic acids is 1. The first-order valence-corrected chi connectivity index (χ1v) is 8.34. The Morgan fingerprint density at radius 1 is 1.23 bits per heavy atom. The van der Waals surface area contributed by atoms with E-state index < -0.39 is 0 Å². The quantitative estimate of drug-likeness (QED) is 0.821. The number of thiazole rings is 1. The van der Waals surface area contributed by atoms with Crippen LogP contribution in [0.4, 0.5) is 0 Å². The Labute approximate surface area is 135 Å². The van der Waals surface area contributed by atoms with Crippen molar-refractivity contribution in [1.82, 2.24) is 9.47 Å². The maximum absolute atomic E-state index is 12.3. The van der Waals surface area contributed by atoms with Gasteiger partial charge in [0.25, 0.3) is 0 Å². The van der Waals surface area contributed by atoms with Crippen LogP contribution in [0.1, 0.15) is 24.6 Å². The molecule has 0 spiro atoms. The molecule has 0 N–H and O–H groups in total. The lowest BCUT2D eigenvalue weighted by molar-refractivity contribution is -0.128. The van der Waals surface area contributed by atoms with Gasteiger partial charge in [-0.15, -0.1) is 0 Å². The van der Waals surface area contributed by atoms with Crippen LogP contribution < -0.4 is 4.87 Å². The van der Waals surface area contributed by atoms with Crippen molar-refractivity contribution in [3.63, 3.8) is 0 Å². The van der Waals surface area contributed by atoms with Gasteiger partial charge in [0.05, 0.1) is 5.69 Å². The number of aryl methyl sites for hydroxylation is 1. The predicted molar refractivity (Wildman–Crippen MR) is 91.3 cm³/mol. The van der Waals surface area contributed by atoms with Crippen LogP contribution in [-0.2, 0) is 17.8 Å². The van der Waals surface area contributed by atoms with Gasteiger partial charge in [-0.3, -0.25) is 14.2 Å². The van der Waals surface area contributed by atoms with Crippen molar-refractivity contribution in [2.24, 2.45) is 0 Å². The molecule has 0 atom stereocenters. The second-order valence-corrected chi connectivity index (χ2v) is 6.45. The molecule has 1 aromatic heterocycles. The molecular weight excluding hydrogens is 296 g/mol. The van der Waals surface area contributed by atoms with Crippen molar-refractivity contribution < 1.29 is 4.79 Å². The minimum atomic E-state index is 0.0630. The van der Waals surface area contributed by atoms with E-state index in [2.05, 4.69) is 6.92 Å². The molecule has 118 valence electrons. The molecule has 2 rings (SSSR count). The monoisotopic (exact) mass is 318 g/mol. The molecule has 1 aromatic carbocycles. The molecule has 0 aliphatic carbocycles. The van der Waals surface area contributed by atoms with Crippen molar-refractivity contribution in [1.29, 1.82) is 0 Å². The summed E-state index contributed by atoms with van der Waals surface area (Å²) in [4.78, 5) is 26.7. The van der Waals surface area contributed by atoms with Gasteiger partial charge < -0.3 is 4.90 Å². The Balaban J connectivity index is 2.26. The predicted octanol–water partition coefficient (Wildman–Crippen LogP) is 3.01. The van der Waals surface area contributed by atoms with E-state index >= 15 is 0 Å². The average molecular weight is 318 g/mol. The number of amides is 1. The molecule has 0 aliphatic heterocycles. The van der Waals surface area contributed by atoms with E-state index in [9.17, 15) is 9.59 Å². The van der Waals surface area contributed by atoms with E-state index in [0.29, 0.717) is 19.4 Å². The average Bonchev–Trinajstić information content (AvgIpc) is 2.84. The minimum absolute atomic E-state index is 0.0630. The van der Waals surface area contributed by atoms with Gasteiger partial charge in [0.2, 0.25) is 5.91 Å². The molecule has 0 saturated heterocycles. The van der Waals surface area contributed by atoms with Crippen LogP contribution in [0.5, 0.6) is 0 Å². The van der Waals surface area contributed by atoms with Gasteiger partial charge in [0.15, 0.2) is 0 Å². The molecule has 0 saturated carbocycles. The lowest BCUT2D eigenvalue weighted by atomic mass is 10.1. The highest BCUT2D eigenvalue weighted by Gasteiger charge is 2.15. The van der Waals surface area contributed by atoms with Crippen molar-refractivity contribution >= 4 is 17.2 Å². The number of nitrogens with zero attached hydrogens (tertiary/aromatic N) is 2. The molecule has 0 bridgehead atoms. The zero-order valence-corrected chi connectivity index (χ0v) is 14.2.